The Hall–Kier alpha value is -0.630. The van der Waals surface area contributed by atoms with Gasteiger partial charge < -0.3 is 0 Å². The molecule has 0 nitrogen and oxygen atoms in total. The predicted octanol–water partition coefficient (Wildman–Crippen LogP) is 5.97. The van der Waals surface area contributed by atoms with Crippen molar-refractivity contribution in [2.75, 3.05) is 0 Å². The van der Waals surface area contributed by atoms with Gasteiger partial charge in [-0.3, -0.25) is 0 Å². The molecule has 1 aromatic rings. The summed E-state index contributed by atoms with van der Waals surface area (Å²) >= 11 is 6.47. The van der Waals surface area contributed by atoms with E-state index in [2.05, 4.69) is 20.8 Å². The molecule has 1 saturated carbocycles. The predicted molar refractivity (Wildman–Crippen MR) is 84.6 cm³/mol. The summed E-state index contributed by atoms with van der Waals surface area (Å²) < 4.78 is 27.4. The van der Waals surface area contributed by atoms with Gasteiger partial charge in [0.1, 0.15) is 11.6 Å². The summed E-state index contributed by atoms with van der Waals surface area (Å²) in [5.74, 6) is 0.125. The van der Waals surface area contributed by atoms with E-state index in [1.807, 2.05) is 0 Å². The van der Waals surface area contributed by atoms with E-state index >= 15 is 0 Å². The number of hydrogen-bond donors (Lipinski definition) is 0. The normalized spacial score (nSPS) is 24.9. The van der Waals surface area contributed by atoms with Crippen LogP contribution in [0.3, 0.4) is 0 Å². The minimum Gasteiger partial charge on any atom is -0.207 e. The molecule has 1 aliphatic rings. The molecule has 1 fully saturated rings. The maximum absolute atomic E-state index is 13.7. The summed E-state index contributed by atoms with van der Waals surface area (Å²) in [6.45, 7) is 6.85. The largest absolute Gasteiger partial charge is 0.207 e. The molecule has 1 unspecified atom stereocenters. The fourth-order valence-electron chi connectivity index (χ4n) is 3.44. The fourth-order valence-corrected chi connectivity index (χ4v) is 3.84. The van der Waals surface area contributed by atoms with Crippen molar-refractivity contribution >= 4 is 11.6 Å². The smallest absolute Gasteiger partial charge is 0.129 e. The standard InChI is InChI=1S/C18H25ClF2/c1-18(2,3)13-9-7-12(8-10-13)15(19)11-14-16(20)5-4-6-17(14)21/h4-6,12-13,15H,7-11H2,1-3H3. The van der Waals surface area contributed by atoms with Gasteiger partial charge >= 0.3 is 0 Å². The van der Waals surface area contributed by atoms with Crippen LogP contribution in [0.1, 0.15) is 52.0 Å². The van der Waals surface area contributed by atoms with Crippen molar-refractivity contribution in [3.8, 4) is 0 Å². The fraction of sp³-hybridized carbons (Fsp3) is 0.667. The highest BCUT2D eigenvalue weighted by Gasteiger charge is 2.32. The highest BCUT2D eigenvalue weighted by Crippen LogP contribution is 2.42. The van der Waals surface area contributed by atoms with Crippen LogP contribution in [0.5, 0.6) is 0 Å². The molecule has 0 radical (unpaired) electrons. The van der Waals surface area contributed by atoms with Crippen LogP contribution < -0.4 is 0 Å². The first kappa shape index (κ1) is 16.7. The molecule has 0 spiro atoms. The van der Waals surface area contributed by atoms with Crippen LogP contribution in [0.25, 0.3) is 0 Å². The second-order valence-electron chi connectivity index (χ2n) is 7.40. The van der Waals surface area contributed by atoms with Crippen molar-refractivity contribution in [2.24, 2.45) is 17.3 Å². The molecule has 3 heteroatoms. The molecule has 0 aromatic heterocycles. The van der Waals surface area contributed by atoms with Gasteiger partial charge in [-0.25, -0.2) is 8.78 Å². The van der Waals surface area contributed by atoms with Crippen molar-refractivity contribution in [1.82, 2.24) is 0 Å². The Bertz CT molecular complexity index is 450. The van der Waals surface area contributed by atoms with Gasteiger partial charge in [-0.1, -0.05) is 26.8 Å². The summed E-state index contributed by atoms with van der Waals surface area (Å²) in [4.78, 5) is 0. The molecule has 21 heavy (non-hydrogen) atoms. The quantitative estimate of drug-likeness (QED) is 0.603. The first-order valence-corrected chi connectivity index (χ1v) is 8.29. The van der Waals surface area contributed by atoms with Gasteiger partial charge in [-0.05, 0) is 61.5 Å². The number of rotatable bonds is 3. The van der Waals surface area contributed by atoms with E-state index in [-0.39, 0.29) is 17.4 Å². The summed E-state index contributed by atoms with van der Waals surface area (Å²) in [7, 11) is 0. The molecule has 0 saturated heterocycles. The Morgan fingerprint density at radius 3 is 2.10 bits per heavy atom. The summed E-state index contributed by atoms with van der Waals surface area (Å²) in [6, 6.07) is 4.00. The molecule has 0 aliphatic heterocycles. The third-order valence-corrected chi connectivity index (χ3v) is 5.48. The molecular formula is C18H25ClF2. The molecule has 2 rings (SSSR count). The Morgan fingerprint density at radius 2 is 1.62 bits per heavy atom. The molecule has 0 amide bonds. The van der Waals surface area contributed by atoms with Crippen LogP contribution in [0.4, 0.5) is 8.78 Å². The van der Waals surface area contributed by atoms with Crippen molar-refractivity contribution < 1.29 is 8.78 Å². The van der Waals surface area contributed by atoms with Crippen molar-refractivity contribution in [3.05, 3.63) is 35.4 Å². The lowest BCUT2D eigenvalue weighted by Crippen LogP contribution is -2.30. The van der Waals surface area contributed by atoms with Crippen LogP contribution in [0.15, 0.2) is 18.2 Å². The minimum absolute atomic E-state index is 0.135. The molecule has 0 N–H and O–H groups in total. The SMILES string of the molecule is CC(C)(C)C1CCC(C(Cl)Cc2c(F)cccc2F)CC1. The lowest BCUT2D eigenvalue weighted by atomic mass is 9.69. The van der Waals surface area contributed by atoms with Gasteiger partial charge in [0.15, 0.2) is 0 Å². The lowest BCUT2D eigenvalue weighted by Gasteiger charge is -2.38. The molecule has 1 aromatic carbocycles. The van der Waals surface area contributed by atoms with Crippen LogP contribution in [0.2, 0.25) is 0 Å². The molecule has 0 bridgehead atoms. The van der Waals surface area contributed by atoms with E-state index in [0.717, 1.165) is 31.6 Å². The second-order valence-corrected chi connectivity index (χ2v) is 7.96. The van der Waals surface area contributed by atoms with E-state index < -0.39 is 11.6 Å². The molecule has 1 atom stereocenters. The highest BCUT2D eigenvalue weighted by molar-refractivity contribution is 6.20. The maximum atomic E-state index is 13.7. The van der Waals surface area contributed by atoms with E-state index in [0.29, 0.717) is 11.3 Å². The van der Waals surface area contributed by atoms with Gasteiger partial charge in [0.05, 0.1) is 0 Å². The van der Waals surface area contributed by atoms with Crippen molar-refractivity contribution in [1.29, 1.82) is 0 Å². The summed E-state index contributed by atoms with van der Waals surface area (Å²) in [5.41, 5.74) is 0.472. The average molecular weight is 315 g/mol. The number of halogens is 3. The molecular weight excluding hydrogens is 290 g/mol. The summed E-state index contributed by atoms with van der Waals surface area (Å²) in [6.07, 6.45) is 4.73. The van der Waals surface area contributed by atoms with E-state index in [4.69, 9.17) is 11.6 Å². The zero-order valence-electron chi connectivity index (χ0n) is 13.1. The van der Waals surface area contributed by atoms with Crippen molar-refractivity contribution in [3.63, 3.8) is 0 Å². The zero-order chi connectivity index (χ0) is 15.6. The lowest BCUT2D eigenvalue weighted by molar-refractivity contribution is 0.148. The van der Waals surface area contributed by atoms with E-state index in [9.17, 15) is 8.78 Å². The minimum atomic E-state index is -0.482. The van der Waals surface area contributed by atoms with Crippen LogP contribution in [0, 0.1) is 28.9 Å². The van der Waals surface area contributed by atoms with Gasteiger partial charge in [0.2, 0.25) is 0 Å². The van der Waals surface area contributed by atoms with Crippen LogP contribution in [-0.4, -0.2) is 5.38 Å². The van der Waals surface area contributed by atoms with Gasteiger partial charge in [0.25, 0.3) is 0 Å². The molecule has 118 valence electrons. The van der Waals surface area contributed by atoms with E-state index in [1.165, 1.54) is 18.2 Å². The molecule has 1 aliphatic carbocycles. The first-order valence-electron chi connectivity index (χ1n) is 7.86. The van der Waals surface area contributed by atoms with Gasteiger partial charge in [-0.15, -0.1) is 11.6 Å². The monoisotopic (exact) mass is 314 g/mol. The number of alkyl halides is 1. The highest BCUT2D eigenvalue weighted by atomic mass is 35.5. The Labute approximate surface area is 131 Å². The number of hydrogen-bond acceptors (Lipinski definition) is 0. The third kappa shape index (κ3) is 4.18. The van der Waals surface area contributed by atoms with Crippen LogP contribution in [-0.2, 0) is 6.42 Å². The van der Waals surface area contributed by atoms with Crippen LogP contribution >= 0.6 is 11.6 Å². The zero-order valence-corrected chi connectivity index (χ0v) is 13.9. The van der Waals surface area contributed by atoms with Crippen molar-refractivity contribution in [2.45, 2.75) is 58.3 Å². The number of benzene rings is 1. The molecule has 0 heterocycles. The van der Waals surface area contributed by atoms with E-state index in [1.54, 1.807) is 0 Å². The maximum Gasteiger partial charge on any atom is 0.129 e. The Kier molecular flexibility index (Phi) is 5.29. The van der Waals surface area contributed by atoms with Gasteiger partial charge in [-0.2, -0.15) is 0 Å². The third-order valence-electron chi connectivity index (χ3n) is 4.97. The average Bonchev–Trinajstić information content (AvgIpc) is 2.42. The summed E-state index contributed by atoms with van der Waals surface area (Å²) in [5, 5.41) is -0.183. The second kappa shape index (κ2) is 6.64. The topological polar surface area (TPSA) is 0 Å². The van der Waals surface area contributed by atoms with Gasteiger partial charge in [0, 0.05) is 10.9 Å². The first-order chi connectivity index (χ1) is 9.79. The Balaban J connectivity index is 1.95. The Morgan fingerprint density at radius 1 is 1.10 bits per heavy atom.